The van der Waals surface area contributed by atoms with Crippen LogP contribution in [0.5, 0.6) is 11.5 Å². The molecular weight excluding hydrogens is 334 g/mol. The molecule has 2 aromatic rings. The van der Waals surface area contributed by atoms with Gasteiger partial charge in [-0.3, -0.25) is 4.52 Å². The van der Waals surface area contributed by atoms with Gasteiger partial charge in [0.15, 0.2) is 0 Å². The maximum Gasteiger partial charge on any atom is 1.00 e. The van der Waals surface area contributed by atoms with E-state index in [2.05, 4.69) is 4.52 Å². The van der Waals surface area contributed by atoms with Gasteiger partial charge in [0, 0.05) is 0 Å². The minimum Gasteiger partial charge on any atom is -1.00 e. The van der Waals surface area contributed by atoms with Crippen molar-refractivity contribution < 1.29 is 81.2 Å². The Bertz CT molecular complexity index is 553. The summed E-state index contributed by atoms with van der Waals surface area (Å²) in [7, 11) is -4.59. The number of hydrogen-bond donors (Lipinski definition) is 2. The predicted molar refractivity (Wildman–Crippen MR) is 77.0 cm³/mol. The van der Waals surface area contributed by atoms with E-state index < -0.39 is 20.7 Å². The molecule has 0 saturated heterocycles. The van der Waals surface area contributed by atoms with Gasteiger partial charge in [-0.15, -0.1) is 0 Å². The summed E-state index contributed by atoms with van der Waals surface area (Å²) in [5.74, 6) is 1.01. The van der Waals surface area contributed by atoms with Crippen LogP contribution in [-0.4, -0.2) is 22.7 Å². The minimum atomic E-state index is -4.59. The summed E-state index contributed by atoms with van der Waals surface area (Å²) in [5, 5.41) is 0. The molecule has 114 valence electrons. The van der Waals surface area contributed by atoms with E-state index in [0.29, 0.717) is 11.5 Å². The molecule has 8 heteroatoms. The van der Waals surface area contributed by atoms with E-state index in [9.17, 15) is 4.57 Å². The van der Waals surface area contributed by atoms with Crippen LogP contribution < -0.4 is 60.9 Å². The van der Waals surface area contributed by atoms with Crippen molar-refractivity contribution >= 4 is 7.82 Å². The van der Waals surface area contributed by atoms with Gasteiger partial charge in [-0.2, -0.15) is 0 Å². The van der Waals surface area contributed by atoms with Crippen molar-refractivity contribution in [3.05, 3.63) is 60.7 Å². The molecular formula is C14H16KO6P. The molecule has 0 aliphatic rings. The first-order valence-corrected chi connectivity index (χ1v) is 7.69. The fourth-order valence-corrected chi connectivity index (χ4v) is 1.87. The molecule has 0 bridgehead atoms. The molecule has 0 unspecified atom stereocenters. The number of benzene rings is 2. The van der Waals surface area contributed by atoms with Gasteiger partial charge in [-0.05, 0) is 24.3 Å². The van der Waals surface area contributed by atoms with Crippen LogP contribution in [0.25, 0.3) is 0 Å². The molecule has 6 nitrogen and oxygen atoms in total. The van der Waals surface area contributed by atoms with Crippen molar-refractivity contribution in [2.24, 2.45) is 0 Å². The van der Waals surface area contributed by atoms with Crippen molar-refractivity contribution in [1.82, 2.24) is 0 Å². The van der Waals surface area contributed by atoms with E-state index in [1.165, 1.54) is 0 Å². The first-order valence-electron chi connectivity index (χ1n) is 6.16. The first kappa shape index (κ1) is 19.8. The smallest absolute Gasteiger partial charge is 1.00 e. The minimum absolute atomic E-state index is 0. The molecule has 2 N–H and O–H groups in total. The van der Waals surface area contributed by atoms with Gasteiger partial charge in [-0.25, -0.2) is 4.57 Å². The van der Waals surface area contributed by atoms with Gasteiger partial charge in [0.05, 0.1) is 0 Å². The summed E-state index contributed by atoms with van der Waals surface area (Å²) in [6.45, 7) is -0.409. The van der Waals surface area contributed by atoms with Crippen molar-refractivity contribution in [1.29, 1.82) is 0 Å². The van der Waals surface area contributed by atoms with Crippen LogP contribution in [0, 0.1) is 0 Å². The van der Waals surface area contributed by atoms with E-state index in [1.807, 2.05) is 12.1 Å². The maximum absolute atomic E-state index is 10.8. The number of ether oxygens (including phenoxy) is 2. The zero-order valence-electron chi connectivity index (χ0n) is 13.0. The Morgan fingerprint density at radius 2 is 1.32 bits per heavy atom. The number of hydrogen-bond acceptors (Lipinski definition) is 4. The average molecular weight is 350 g/mol. The number of phosphoric ester groups is 1. The van der Waals surface area contributed by atoms with Crippen LogP contribution in [0.2, 0.25) is 0 Å². The van der Waals surface area contributed by atoms with Crippen molar-refractivity contribution in [3.8, 4) is 11.5 Å². The second-order valence-corrected chi connectivity index (χ2v) is 5.32. The molecule has 0 aliphatic carbocycles. The third-order valence-electron chi connectivity index (χ3n) is 2.40. The molecule has 22 heavy (non-hydrogen) atoms. The Morgan fingerprint density at radius 1 is 0.909 bits per heavy atom. The third kappa shape index (κ3) is 7.87. The standard InChI is InChI=1S/C14H15O6P.K.H/c15-21(16,17)18-11-14(19-12-7-3-1-4-8-12)20-13-9-5-2-6-10-13;;/h1-10,14H,11H2,(H2,15,16,17);;/q;+1;-1. The third-order valence-corrected chi connectivity index (χ3v) is 2.89. The molecule has 2 aromatic carbocycles. The Hall–Kier alpha value is -0.214. The van der Waals surface area contributed by atoms with Crippen molar-refractivity contribution in [3.63, 3.8) is 0 Å². The van der Waals surface area contributed by atoms with Gasteiger partial charge in [0.2, 0.25) is 0 Å². The Morgan fingerprint density at radius 3 is 1.68 bits per heavy atom. The van der Waals surface area contributed by atoms with E-state index in [4.69, 9.17) is 19.3 Å². The van der Waals surface area contributed by atoms with Crippen LogP contribution in [0.4, 0.5) is 0 Å². The van der Waals surface area contributed by atoms with Crippen LogP contribution in [0.3, 0.4) is 0 Å². The van der Waals surface area contributed by atoms with Crippen molar-refractivity contribution in [2.45, 2.75) is 6.29 Å². The molecule has 2 rings (SSSR count). The second-order valence-electron chi connectivity index (χ2n) is 4.08. The van der Waals surface area contributed by atoms with E-state index in [0.717, 1.165) is 0 Å². The topological polar surface area (TPSA) is 85.2 Å². The first-order chi connectivity index (χ1) is 10.0. The molecule has 0 spiro atoms. The average Bonchev–Trinajstić information content (AvgIpc) is 2.46. The van der Waals surface area contributed by atoms with Gasteiger partial charge in [0.1, 0.15) is 18.1 Å². The van der Waals surface area contributed by atoms with Crippen molar-refractivity contribution in [2.75, 3.05) is 6.61 Å². The molecule has 0 radical (unpaired) electrons. The van der Waals surface area contributed by atoms with E-state index in [-0.39, 0.29) is 52.8 Å². The molecule has 0 saturated carbocycles. The molecule has 0 fully saturated rings. The summed E-state index contributed by atoms with van der Waals surface area (Å²) < 4.78 is 26.3. The zero-order valence-corrected chi connectivity index (χ0v) is 16.1. The molecule has 0 heterocycles. The fourth-order valence-electron chi connectivity index (χ4n) is 1.55. The molecule has 0 aliphatic heterocycles. The normalized spacial score (nSPS) is 10.9. The van der Waals surface area contributed by atoms with E-state index >= 15 is 0 Å². The van der Waals surface area contributed by atoms with Crippen LogP contribution in [-0.2, 0) is 9.09 Å². The number of rotatable bonds is 7. The van der Waals surface area contributed by atoms with Gasteiger partial charge in [0.25, 0.3) is 6.29 Å². The van der Waals surface area contributed by atoms with Gasteiger partial charge in [-0.1, -0.05) is 36.4 Å². The summed E-state index contributed by atoms with van der Waals surface area (Å²) in [6, 6.07) is 17.6. The van der Waals surface area contributed by atoms with Gasteiger partial charge < -0.3 is 20.7 Å². The van der Waals surface area contributed by atoms with Crippen LogP contribution in [0.15, 0.2) is 60.7 Å². The Labute approximate surface area is 172 Å². The van der Waals surface area contributed by atoms with Crippen LogP contribution >= 0.6 is 7.82 Å². The monoisotopic (exact) mass is 350 g/mol. The summed E-state index contributed by atoms with van der Waals surface area (Å²) >= 11 is 0. The predicted octanol–water partition coefficient (Wildman–Crippen LogP) is -0.304. The molecule has 0 amide bonds. The summed E-state index contributed by atoms with van der Waals surface area (Å²) in [4.78, 5) is 17.6. The largest absolute Gasteiger partial charge is 1.00 e. The summed E-state index contributed by atoms with van der Waals surface area (Å²) in [6.07, 6.45) is -0.984. The number of phosphoric acid groups is 1. The maximum atomic E-state index is 10.8. The Kier molecular flexibility index (Phi) is 8.85. The quantitative estimate of drug-likeness (QED) is 0.405. The van der Waals surface area contributed by atoms with Gasteiger partial charge >= 0.3 is 59.2 Å². The zero-order chi connectivity index (χ0) is 15.1. The number of para-hydroxylation sites is 2. The second kappa shape index (κ2) is 9.82. The van der Waals surface area contributed by atoms with Crippen LogP contribution in [0.1, 0.15) is 1.43 Å². The Balaban J connectivity index is 0.00000242. The fraction of sp³-hybridized carbons (Fsp3) is 0.143. The van der Waals surface area contributed by atoms with E-state index in [1.54, 1.807) is 48.5 Å². The molecule has 0 aromatic heterocycles. The molecule has 0 atom stereocenters. The SMILES string of the molecule is O=P(O)(O)OCC(Oc1ccccc1)Oc1ccccc1.[H-].[K+]. The summed E-state index contributed by atoms with van der Waals surface area (Å²) in [5.41, 5.74) is 0.